The molecule has 1 heterocycles. The van der Waals surface area contributed by atoms with Gasteiger partial charge in [0.15, 0.2) is 0 Å². The lowest BCUT2D eigenvalue weighted by molar-refractivity contribution is -0.114. The van der Waals surface area contributed by atoms with E-state index in [4.69, 9.17) is 4.74 Å². The summed E-state index contributed by atoms with van der Waals surface area (Å²) < 4.78 is 6.30. The van der Waals surface area contributed by atoms with Crippen molar-refractivity contribution >= 4 is 23.6 Å². The van der Waals surface area contributed by atoms with Crippen LogP contribution in [0.2, 0.25) is 0 Å². The summed E-state index contributed by atoms with van der Waals surface area (Å²) in [6, 6.07) is 22.6. The highest BCUT2D eigenvalue weighted by molar-refractivity contribution is 5.88. The van der Waals surface area contributed by atoms with Gasteiger partial charge >= 0.3 is 0 Å². The molecule has 0 fully saturated rings. The molecule has 0 aromatic heterocycles. The van der Waals surface area contributed by atoms with Crippen LogP contribution < -0.4 is 15.0 Å². The van der Waals surface area contributed by atoms with Crippen LogP contribution in [-0.2, 0) is 35.6 Å². The quantitative estimate of drug-likeness (QED) is 0.457. The predicted octanol–water partition coefficient (Wildman–Crippen LogP) is 5.31. The van der Waals surface area contributed by atoms with Gasteiger partial charge in [-0.3, -0.25) is 4.79 Å². The second-order valence-electron chi connectivity index (χ2n) is 8.48. The molecule has 5 heteroatoms. The average Bonchev–Trinajstić information content (AvgIpc) is 2.83. The number of benzene rings is 3. The van der Waals surface area contributed by atoms with Crippen molar-refractivity contribution < 1.29 is 14.3 Å². The zero-order valence-corrected chi connectivity index (χ0v) is 19.0. The van der Waals surface area contributed by atoms with Crippen molar-refractivity contribution in [2.75, 3.05) is 16.8 Å². The number of aldehydes is 1. The Labute approximate surface area is 195 Å². The minimum Gasteiger partial charge on any atom is -0.487 e. The number of aryl methyl sites for hydroxylation is 2. The fourth-order valence-electron chi connectivity index (χ4n) is 4.28. The Morgan fingerprint density at radius 3 is 2.45 bits per heavy atom. The van der Waals surface area contributed by atoms with Crippen LogP contribution in [0.5, 0.6) is 5.75 Å². The molecule has 33 heavy (non-hydrogen) atoms. The predicted molar refractivity (Wildman–Crippen MR) is 132 cm³/mol. The molecule has 3 aromatic rings. The molecular weight excluding hydrogens is 412 g/mol. The zero-order valence-electron chi connectivity index (χ0n) is 19.0. The third-order valence-electron chi connectivity index (χ3n) is 5.89. The molecule has 0 atom stereocenters. The molecule has 0 bridgehead atoms. The lowest BCUT2D eigenvalue weighted by Gasteiger charge is -2.33. The number of anilines is 2. The largest absolute Gasteiger partial charge is 0.487 e. The van der Waals surface area contributed by atoms with Gasteiger partial charge in [0.05, 0.1) is 5.69 Å². The SMILES string of the molecule is CC(=O)Nc1ccc(CN2CCCc3cccc(OCc4ccc(CCC=O)cc4)c32)cc1. The van der Waals surface area contributed by atoms with Crippen molar-refractivity contribution in [1.82, 2.24) is 0 Å². The van der Waals surface area contributed by atoms with Crippen LogP contribution in [0.4, 0.5) is 11.4 Å². The molecule has 1 aliphatic rings. The van der Waals surface area contributed by atoms with Gasteiger partial charge in [-0.05, 0) is 59.7 Å². The summed E-state index contributed by atoms with van der Waals surface area (Å²) in [5.41, 5.74) is 6.77. The third kappa shape index (κ3) is 6.01. The zero-order chi connectivity index (χ0) is 23.0. The van der Waals surface area contributed by atoms with Gasteiger partial charge in [-0.1, -0.05) is 48.5 Å². The molecule has 1 aliphatic heterocycles. The number of ether oxygens (including phenoxy) is 1. The molecule has 0 radical (unpaired) electrons. The summed E-state index contributed by atoms with van der Waals surface area (Å²) in [6.07, 6.45) is 4.45. The fourth-order valence-corrected chi connectivity index (χ4v) is 4.28. The summed E-state index contributed by atoms with van der Waals surface area (Å²) in [4.78, 5) is 24.2. The number of nitrogens with one attached hydrogen (secondary N) is 1. The van der Waals surface area contributed by atoms with Crippen molar-refractivity contribution in [3.05, 3.63) is 89.0 Å². The first-order chi connectivity index (χ1) is 16.1. The van der Waals surface area contributed by atoms with Crippen LogP contribution in [0.3, 0.4) is 0 Å². The Balaban J connectivity index is 1.46. The molecular formula is C28H30N2O3. The van der Waals surface area contributed by atoms with Gasteiger partial charge in [0.25, 0.3) is 0 Å². The Morgan fingerprint density at radius 2 is 1.73 bits per heavy atom. The van der Waals surface area contributed by atoms with Crippen LogP contribution in [0.15, 0.2) is 66.7 Å². The maximum Gasteiger partial charge on any atom is 0.221 e. The number of carbonyl (C=O) groups is 2. The van der Waals surface area contributed by atoms with E-state index in [9.17, 15) is 9.59 Å². The van der Waals surface area contributed by atoms with Crippen LogP contribution >= 0.6 is 0 Å². The van der Waals surface area contributed by atoms with E-state index in [0.717, 1.165) is 55.6 Å². The summed E-state index contributed by atoms with van der Waals surface area (Å²) in [5, 5.41) is 2.82. The maximum atomic E-state index is 11.3. The van der Waals surface area contributed by atoms with E-state index in [0.29, 0.717) is 13.0 Å². The highest BCUT2D eigenvalue weighted by Gasteiger charge is 2.21. The lowest BCUT2D eigenvalue weighted by Crippen LogP contribution is -2.29. The van der Waals surface area contributed by atoms with Crippen molar-refractivity contribution in [2.45, 2.75) is 45.8 Å². The van der Waals surface area contributed by atoms with Crippen LogP contribution in [0.1, 0.15) is 42.0 Å². The van der Waals surface area contributed by atoms with Gasteiger partial charge < -0.3 is 19.7 Å². The van der Waals surface area contributed by atoms with Crippen LogP contribution in [0, 0.1) is 0 Å². The number of hydrogen-bond donors (Lipinski definition) is 1. The Kier molecular flexibility index (Phi) is 7.40. The van der Waals surface area contributed by atoms with E-state index < -0.39 is 0 Å². The van der Waals surface area contributed by atoms with Crippen molar-refractivity contribution in [1.29, 1.82) is 0 Å². The fraction of sp³-hybridized carbons (Fsp3) is 0.286. The van der Waals surface area contributed by atoms with Gasteiger partial charge in [0.1, 0.15) is 18.6 Å². The van der Waals surface area contributed by atoms with E-state index >= 15 is 0 Å². The number of carbonyl (C=O) groups excluding carboxylic acids is 2. The second-order valence-corrected chi connectivity index (χ2v) is 8.48. The standard InChI is InChI=1S/C28H30N2O3/c1-21(32)29-26-15-13-23(14-16-26)19-30-17-3-7-25-6-2-8-27(28(25)30)33-20-24-11-9-22(10-12-24)5-4-18-31/h2,6,8-16,18H,3-5,7,17,19-20H2,1H3,(H,29,32). The van der Waals surface area contributed by atoms with E-state index in [2.05, 4.69) is 64.8 Å². The topological polar surface area (TPSA) is 58.6 Å². The van der Waals surface area contributed by atoms with Gasteiger partial charge in [0, 0.05) is 32.1 Å². The molecule has 0 unspecified atom stereocenters. The smallest absolute Gasteiger partial charge is 0.221 e. The molecule has 0 saturated heterocycles. The second kappa shape index (κ2) is 10.8. The van der Waals surface area contributed by atoms with Crippen LogP contribution in [-0.4, -0.2) is 18.7 Å². The van der Waals surface area contributed by atoms with Crippen molar-refractivity contribution in [3.63, 3.8) is 0 Å². The van der Waals surface area contributed by atoms with Crippen LogP contribution in [0.25, 0.3) is 0 Å². The van der Waals surface area contributed by atoms with E-state index in [-0.39, 0.29) is 5.91 Å². The number of hydrogen-bond acceptors (Lipinski definition) is 4. The average molecular weight is 443 g/mol. The minimum atomic E-state index is -0.0647. The number of amides is 1. The van der Waals surface area contributed by atoms with Gasteiger partial charge in [-0.2, -0.15) is 0 Å². The number of nitrogens with zero attached hydrogens (tertiary/aromatic N) is 1. The van der Waals surface area contributed by atoms with E-state index in [1.807, 2.05) is 12.1 Å². The first-order valence-corrected chi connectivity index (χ1v) is 11.5. The molecule has 0 spiro atoms. The van der Waals surface area contributed by atoms with E-state index in [1.165, 1.54) is 29.3 Å². The summed E-state index contributed by atoms with van der Waals surface area (Å²) in [7, 11) is 0. The maximum absolute atomic E-state index is 11.3. The summed E-state index contributed by atoms with van der Waals surface area (Å²) >= 11 is 0. The van der Waals surface area contributed by atoms with Crippen molar-refractivity contribution in [2.24, 2.45) is 0 Å². The molecule has 0 saturated carbocycles. The lowest BCUT2D eigenvalue weighted by atomic mass is 10.00. The Morgan fingerprint density at radius 1 is 1.00 bits per heavy atom. The van der Waals surface area contributed by atoms with Crippen molar-refractivity contribution in [3.8, 4) is 5.75 Å². The highest BCUT2D eigenvalue weighted by atomic mass is 16.5. The molecule has 3 aromatic carbocycles. The van der Waals surface area contributed by atoms with Gasteiger partial charge in [0.2, 0.25) is 5.91 Å². The highest BCUT2D eigenvalue weighted by Crippen LogP contribution is 2.37. The molecule has 1 amide bonds. The third-order valence-corrected chi connectivity index (χ3v) is 5.89. The summed E-state index contributed by atoms with van der Waals surface area (Å²) in [5.74, 6) is 0.845. The first-order valence-electron chi connectivity index (χ1n) is 11.5. The van der Waals surface area contributed by atoms with Gasteiger partial charge in [-0.15, -0.1) is 0 Å². The Hall–Kier alpha value is -3.60. The molecule has 4 rings (SSSR count). The van der Waals surface area contributed by atoms with Gasteiger partial charge in [-0.25, -0.2) is 0 Å². The van der Waals surface area contributed by atoms with E-state index in [1.54, 1.807) is 0 Å². The number of fused-ring (bicyclic) bond motifs is 1. The Bertz CT molecular complexity index is 1090. The number of para-hydroxylation sites is 1. The first kappa shape index (κ1) is 22.6. The minimum absolute atomic E-state index is 0.0647. The summed E-state index contributed by atoms with van der Waals surface area (Å²) in [6.45, 7) is 3.79. The monoisotopic (exact) mass is 442 g/mol. The molecule has 170 valence electrons. The molecule has 1 N–H and O–H groups in total. The number of rotatable bonds is 9. The molecule has 5 nitrogen and oxygen atoms in total. The normalized spacial score (nSPS) is 12.7. The molecule has 0 aliphatic carbocycles.